The van der Waals surface area contributed by atoms with Crippen LogP contribution in [0.3, 0.4) is 0 Å². The zero-order valence-corrected chi connectivity index (χ0v) is 24.0. The van der Waals surface area contributed by atoms with E-state index in [1.165, 1.54) is 49.0 Å². The summed E-state index contributed by atoms with van der Waals surface area (Å²) >= 11 is 0. The van der Waals surface area contributed by atoms with E-state index >= 15 is 0 Å². The van der Waals surface area contributed by atoms with Gasteiger partial charge in [0.1, 0.15) is 0 Å². The molecule has 0 amide bonds. The molecule has 5 rings (SSSR count). The predicted molar refractivity (Wildman–Crippen MR) is 180 cm³/mol. The molecule has 0 fully saturated rings. The van der Waals surface area contributed by atoms with Crippen LogP contribution in [0.2, 0.25) is 0 Å². The fraction of sp³-hybridized carbons (Fsp3) is 0.0732. The maximum atomic E-state index is 4.29. The molecule has 0 atom stereocenters. The van der Waals surface area contributed by atoms with Crippen LogP contribution in [0.4, 0.5) is 0 Å². The minimum absolute atomic E-state index is 0.815. The van der Waals surface area contributed by atoms with Gasteiger partial charge in [0.2, 0.25) is 0 Å². The summed E-state index contributed by atoms with van der Waals surface area (Å²) in [7, 11) is 0. The standard InChI is InChI=1S/C41H36/c1-5-8-9-10-20-38(34-27-26-32-18-11-12-19-33(32)28-34)40-23-16-15-22-39(40)36(7-3)35-25-24-30(4)41(29-35)37-21-14-13-17-31(37)6-2/h5-19,21-29H,2-3,20H2,1,4H3/b8-5-,10-9-,39-36+,40-38+. The molecule has 0 heterocycles. The van der Waals surface area contributed by atoms with Crippen molar-refractivity contribution in [3.63, 3.8) is 0 Å². The fourth-order valence-electron chi connectivity index (χ4n) is 5.50. The zero-order chi connectivity index (χ0) is 28.6. The summed E-state index contributed by atoms with van der Waals surface area (Å²) in [5.41, 5.74) is 9.55. The smallest absolute Gasteiger partial charge is 0.00822 e. The SMILES string of the molecule is C=C/C(c1ccc(C)c(-c2ccccc2C=C)c1)=c1/cccc/c1=C(/C/C=C\C=C/C)c1ccc2ccccc2c1. The van der Waals surface area contributed by atoms with Crippen molar-refractivity contribution in [1.29, 1.82) is 0 Å². The Morgan fingerprint density at radius 3 is 2.15 bits per heavy atom. The number of hydrogen-bond acceptors (Lipinski definition) is 0. The first-order chi connectivity index (χ1) is 20.1. The van der Waals surface area contributed by atoms with Crippen LogP contribution in [0.25, 0.3) is 39.1 Å². The molecule has 0 bridgehead atoms. The summed E-state index contributed by atoms with van der Waals surface area (Å²) in [6.45, 7) is 12.5. The van der Waals surface area contributed by atoms with Crippen molar-refractivity contribution in [3.05, 3.63) is 185 Å². The summed E-state index contributed by atoms with van der Waals surface area (Å²) in [6.07, 6.45) is 13.3. The van der Waals surface area contributed by atoms with Crippen LogP contribution in [-0.4, -0.2) is 0 Å². The van der Waals surface area contributed by atoms with E-state index in [9.17, 15) is 0 Å². The summed E-state index contributed by atoms with van der Waals surface area (Å²) in [4.78, 5) is 0. The lowest BCUT2D eigenvalue weighted by Crippen LogP contribution is -2.29. The number of hydrogen-bond donors (Lipinski definition) is 0. The number of rotatable bonds is 8. The molecule has 0 nitrogen and oxygen atoms in total. The molecule has 0 saturated heterocycles. The molecule has 0 saturated carbocycles. The highest BCUT2D eigenvalue weighted by atomic mass is 14.1. The van der Waals surface area contributed by atoms with Gasteiger partial charge in [0.15, 0.2) is 0 Å². The Morgan fingerprint density at radius 2 is 1.37 bits per heavy atom. The number of allylic oxidation sites excluding steroid dienone is 5. The second kappa shape index (κ2) is 12.9. The van der Waals surface area contributed by atoms with Gasteiger partial charge in [0, 0.05) is 0 Å². The van der Waals surface area contributed by atoms with E-state index in [4.69, 9.17) is 0 Å². The van der Waals surface area contributed by atoms with Crippen molar-refractivity contribution in [1.82, 2.24) is 0 Å². The molecule has 0 aliphatic rings. The lowest BCUT2D eigenvalue weighted by molar-refractivity contribution is 1.33. The van der Waals surface area contributed by atoms with Gasteiger partial charge < -0.3 is 0 Å². The first-order valence-corrected chi connectivity index (χ1v) is 14.2. The quantitative estimate of drug-likeness (QED) is 0.176. The van der Waals surface area contributed by atoms with E-state index in [1.54, 1.807) is 0 Å². The fourth-order valence-corrected chi connectivity index (χ4v) is 5.50. The van der Waals surface area contributed by atoms with Crippen molar-refractivity contribution in [2.75, 3.05) is 0 Å². The molecule has 41 heavy (non-hydrogen) atoms. The topological polar surface area (TPSA) is 0 Å². The van der Waals surface area contributed by atoms with E-state index in [2.05, 4.69) is 154 Å². The molecule has 0 radical (unpaired) electrons. The number of aryl methyl sites for hydroxylation is 1. The van der Waals surface area contributed by atoms with Crippen LogP contribution in [0.15, 0.2) is 153 Å². The van der Waals surface area contributed by atoms with Gasteiger partial charge in [0.25, 0.3) is 0 Å². The third kappa shape index (κ3) is 5.98. The second-order valence-electron chi connectivity index (χ2n) is 10.2. The van der Waals surface area contributed by atoms with Crippen LogP contribution in [-0.2, 0) is 0 Å². The molecule has 0 heteroatoms. The van der Waals surface area contributed by atoms with Crippen molar-refractivity contribution in [3.8, 4) is 11.1 Å². The maximum absolute atomic E-state index is 4.29. The average Bonchev–Trinajstić information content (AvgIpc) is 3.02. The Labute approximate surface area is 244 Å². The van der Waals surface area contributed by atoms with Crippen LogP contribution < -0.4 is 10.4 Å². The van der Waals surface area contributed by atoms with Gasteiger partial charge in [-0.25, -0.2) is 0 Å². The highest BCUT2D eigenvalue weighted by Gasteiger charge is 2.10. The Kier molecular flexibility index (Phi) is 8.72. The van der Waals surface area contributed by atoms with Crippen molar-refractivity contribution in [2.45, 2.75) is 20.3 Å². The summed E-state index contributed by atoms with van der Waals surface area (Å²) in [5, 5.41) is 4.89. The van der Waals surface area contributed by atoms with E-state index in [0.717, 1.165) is 23.1 Å². The summed E-state index contributed by atoms with van der Waals surface area (Å²) < 4.78 is 0. The molecule has 0 aromatic heterocycles. The van der Waals surface area contributed by atoms with Gasteiger partial charge in [-0.05, 0) is 98.1 Å². The first kappa shape index (κ1) is 27.6. The van der Waals surface area contributed by atoms with Gasteiger partial charge in [-0.1, -0.05) is 147 Å². The summed E-state index contributed by atoms with van der Waals surface area (Å²) in [6, 6.07) is 39.2. The Morgan fingerprint density at radius 1 is 0.659 bits per heavy atom. The molecule has 200 valence electrons. The molecular weight excluding hydrogens is 492 g/mol. The van der Waals surface area contributed by atoms with Crippen molar-refractivity contribution < 1.29 is 0 Å². The second-order valence-corrected chi connectivity index (χ2v) is 10.2. The third-order valence-electron chi connectivity index (χ3n) is 7.63. The number of benzene rings is 5. The van der Waals surface area contributed by atoms with Crippen LogP contribution in [0, 0.1) is 6.92 Å². The number of fused-ring (bicyclic) bond motifs is 1. The molecule has 0 spiro atoms. The minimum atomic E-state index is 0.815. The average molecular weight is 529 g/mol. The van der Waals surface area contributed by atoms with E-state index in [0.29, 0.717) is 0 Å². The van der Waals surface area contributed by atoms with Crippen molar-refractivity contribution >= 4 is 28.0 Å². The van der Waals surface area contributed by atoms with E-state index < -0.39 is 0 Å². The van der Waals surface area contributed by atoms with Crippen LogP contribution >= 0.6 is 0 Å². The van der Waals surface area contributed by atoms with Gasteiger partial charge in [-0.15, -0.1) is 0 Å². The minimum Gasteiger partial charge on any atom is -0.0984 e. The predicted octanol–water partition coefficient (Wildman–Crippen LogP) is 9.56. The molecule has 0 N–H and O–H groups in total. The van der Waals surface area contributed by atoms with Gasteiger partial charge in [-0.2, -0.15) is 0 Å². The Bertz CT molecular complexity index is 1910. The highest BCUT2D eigenvalue weighted by Crippen LogP contribution is 2.30. The molecule has 5 aromatic carbocycles. The van der Waals surface area contributed by atoms with Crippen LogP contribution in [0.5, 0.6) is 0 Å². The Balaban J connectivity index is 1.81. The maximum Gasteiger partial charge on any atom is -0.00822 e. The molecule has 0 aliphatic heterocycles. The summed E-state index contributed by atoms with van der Waals surface area (Å²) in [5.74, 6) is 0. The normalized spacial score (nSPS) is 13.0. The molecule has 5 aromatic rings. The highest BCUT2D eigenvalue weighted by molar-refractivity contribution is 5.87. The lowest BCUT2D eigenvalue weighted by Gasteiger charge is -2.14. The molecule has 0 unspecified atom stereocenters. The van der Waals surface area contributed by atoms with Crippen molar-refractivity contribution in [2.24, 2.45) is 0 Å². The third-order valence-corrected chi connectivity index (χ3v) is 7.63. The van der Waals surface area contributed by atoms with E-state index in [1.807, 2.05) is 19.1 Å². The molecule has 0 aliphatic carbocycles. The van der Waals surface area contributed by atoms with Crippen LogP contribution in [0.1, 0.15) is 35.6 Å². The van der Waals surface area contributed by atoms with Gasteiger partial charge in [-0.3, -0.25) is 0 Å². The van der Waals surface area contributed by atoms with Gasteiger partial charge >= 0.3 is 0 Å². The molecular formula is C41H36. The lowest BCUT2D eigenvalue weighted by atomic mass is 9.90. The van der Waals surface area contributed by atoms with E-state index in [-0.39, 0.29) is 0 Å². The first-order valence-electron chi connectivity index (χ1n) is 14.2. The monoisotopic (exact) mass is 528 g/mol. The Hall–Kier alpha value is -4.94. The zero-order valence-electron chi connectivity index (χ0n) is 24.0. The largest absolute Gasteiger partial charge is 0.0984 e. The van der Waals surface area contributed by atoms with Gasteiger partial charge in [0.05, 0.1) is 0 Å².